The minimum atomic E-state index is 0.845. The Morgan fingerprint density at radius 2 is 1.74 bits per heavy atom. The fraction of sp³-hybridized carbons (Fsp3) is 0.421. The van der Waals surface area contributed by atoms with E-state index in [-0.39, 0.29) is 0 Å². The van der Waals surface area contributed by atoms with Gasteiger partial charge >= 0.3 is 0 Å². The van der Waals surface area contributed by atoms with E-state index in [1.165, 1.54) is 0 Å². The molecule has 0 saturated heterocycles. The highest BCUT2D eigenvalue weighted by atomic mass is 15.0. The average Bonchev–Trinajstić information content (AvgIpc) is 2.54. The molecule has 2 rings (SSSR count). The summed E-state index contributed by atoms with van der Waals surface area (Å²) in [4.78, 5) is 14.4. The fourth-order valence-electron chi connectivity index (χ4n) is 2.70. The van der Waals surface area contributed by atoms with Crippen LogP contribution in [0.2, 0.25) is 0 Å². The molecular weight excluding hydrogens is 284 g/mol. The van der Waals surface area contributed by atoms with Gasteiger partial charge in [0.05, 0.1) is 28.5 Å². The molecular formula is C19H26N4. The second-order valence-corrected chi connectivity index (χ2v) is 5.66. The van der Waals surface area contributed by atoms with Crippen LogP contribution in [-0.2, 0) is 12.8 Å². The number of aromatic nitrogens is 3. The van der Waals surface area contributed by atoms with Crippen LogP contribution in [-0.4, -0.2) is 21.5 Å². The highest BCUT2D eigenvalue weighted by Crippen LogP contribution is 2.28. The van der Waals surface area contributed by atoms with Crippen LogP contribution < -0.4 is 5.32 Å². The van der Waals surface area contributed by atoms with E-state index in [2.05, 4.69) is 38.7 Å². The molecule has 0 amide bonds. The Kier molecular flexibility index (Phi) is 5.48. The number of rotatable bonds is 6. The number of aryl methyl sites for hydroxylation is 3. The molecule has 0 unspecified atom stereocenters. The Morgan fingerprint density at radius 3 is 2.30 bits per heavy atom. The first-order valence-electron chi connectivity index (χ1n) is 8.29. The Bertz CT molecular complexity index is 720. The van der Waals surface area contributed by atoms with Gasteiger partial charge in [-0.3, -0.25) is 4.98 Å². The van der Waals surface area contributed by atoms with Gasteiger partial charge in [-0.25, -0.2) is 9.97 Å². The first kappa shape index (κ1) is 17.1. The van der Waals surface area contributed by atoms with Crippen LogP contribution in [0, 0.1) is 6.92 Å². The lowest BCUT2D eigenvalue weighted by molar-refractivity contribution is 0.952. The first-order valence-corrected chi connectivity index (χ1v) is 8.29. The number of nitrogens with one attached hydrogen (secondary N) is 1. The number of hydrogen-bond donors (Lipinski definition) is 1. The van der Waals surface area contributed by atoms with Gasteiger partial charge in [-0.1, -0.05) is 20.4 Å². The van der Waals surface area contributed by atoms with E-state index >= 15 is 0 Å². The van der Waals surface area contributed by atoms with Crippen molar-refractivity contribution in [2.45, 2.75) is 47.5 Å². The summed E-state index contributed by atoms with van der Waals surface area (Å²) in [5.74, 6) is 0.909. The molecule has 4 heteroatoms. The molecule has 2 aromatic heterocycles. The van der Waals surface area contributed by atoms with Crippen LogP contribution in [0.25, 0.3) is 16.8 Å². The van der Waals surface area contributed by atoms with Crippen molar-refractivity contribution < 1.29 is 0 Å². The third-order valence-electron chi connectivity index (χ3n) is 3.80. The molecule has 0 bridgehead atoms. The van der Waals surface area contributed by atoms with Crippen LogP contribution in [0.4, 0.5) is 5.82 Å². The normalized spacial score (nSPS) is 10.7. The van der Waals surface area contributed by atoms with Gasteiger partial charge in [0, 0.05) is 12.1 Å². The molecule has 0 aromatic carbocycles. The van der Waals surface area contributed by atoms with Crippen molar-refractivity contribution in [1.82, 2.24) is 15.0 Å². The van der Waals surface area contributed by atoms with Crippen LogP contribution in [0.3, 0.4) is 0 Å². The maximum Gasteiger partial charge on any atom is 0.126 e. The summed E-state index contributed by atoms with van der Waals surface area (Å²) in [6, 6.07) is 4.12. The Balaban J connectivity index is 2.64. The van der Waals surface area contributed by atoms with Gasteiger partial charge in [-0.05, 0) is 51.3 Å². The number of allylic oxidation sites excluding steroid dienone is 1. The van der Waals surface area contributed by atoms with Crippen molar-refractivity contribution in [3.05, 3.63) is 41.5 Å². The lowest BCUT2D eigenvalue weighted by Gasteiger charge is -2.15. The molecule has 0 aliphatic rings. The van der Waals surface area contributed by atoms with Crippen LogP contribution in [0.5, 0.6) is 0 Å². The quantitative estimate of drug-likeness (QED) is 0.857. The van der Waals surface area contributed by atoms with Crippen molar-refractivity contribution in [1.29, 1.82) is 0 Å². The monoisotopic (exact) mass is 310 g/mol. The van der Waals surface area contributed by atoms with Gasteiger partial charge in [0.2, 0.25) is 0 Å². The molecule has 0 fully saturated rings. The largest absolute Gasteiger partial charge is 0.370 e. The van der Waals surface area contributed by atoms with E-state index in [0.29, 0.717) is 0 Å². The molecule has 1 N–H and O–H groups in total. The van der Waals surface area contributed by atoms with Crippen molar-refractivity contribution in [3.8, 4) is 11.3 Å². The van der Waals surface area contributed by atoms with Gasteiger partial charge in [0.25, 0.3) is 0 Å². The molecule has 0 atom stereocenters. The summed E-state index contributed by atoms with van der Waals surface area (Å²) >= 11 is 0. The van der Waals surface area contributed by atoms with Crippen LogP contribution >= 0.6 is 0 Å². The fourth-order valence-corrected chi connectivity index (χ4v) is 2.70. The minimum Gasteiger partial charge on any atom is -0.370 e. The lowest BCUT2D eigenvalue weighted by atomic mass is 10.0. The molecule has 0 spiro atoms. The highest BCUT2D eigenvalue weighted by Gasteiger charge is 2.16. The minimum absolute atomic E-state index is 0.845. The van der Waals surface area contributed by atoms with Crippen molar-refractivity contribution in [3.63, 3.8) is 0 Å². The average molecular weight is 310 g/mol. The number of nitrogens with zero attached hydrogens (tertiary/aromatic N) is 3. The Hall–Kier alpha value is -2.23. The summed E-state index contributed by atoms with van der Waals surface area (Å²) in [5, 5.41) is 3.27. The van der Waals surface area contributed by atoms with Crippen molar-refractivity contribution >= 4 is 11.4 Å². The predicted molar refractivity (Wildman–Crippen MR) is 97.6 cm³/mol. The van der Waals surface area contributed by atoms with Gasteiger partial charge in [-0.2, -0.15) is 0 Å². The summed E-state index contributed by atoms with van der Waals surface area (Å²) in [5.41, 5.74) is 6.83. The maximum absolute atomic E-state index is 4.87. The van der Waals surface area contributed by atoms with Crippen molar-refractivity contribution in [2.24, 2.45) is 0 Å². The number of anilines is 1. The molecule has 2 heterocycles. The van der Waals surface area contributed by atoms with Crippen LogP contribution in [0.1, 0.15) is 50.5 Å². The molecule has 23 heavy (non-hydrogen) atoms. The smallest absolute Gasteiger partial charge is 0.126 e. The summed E-state index contributed by atoms with van der Waals surface area (Å²) in [7, 11) is 0. The standard InChI is InChI=1S/C19H26N4/c1-7-15-14(10-11-17(22-15)20-9-3)19-16(8-2)21-13(6)18(23-19)12(4)5/h10-11H,4,7-9H2,1-3,5-6H3,(H,20,22). The van der Waals surface area contributed by atoms with E-state index in [4.69, 9.17) is 15.0 Å². The maximum atomic E-state index is 4.87. The zero-order valence-electron chi connectivity index (χ0n) is 14.8. The van der Waals surface area contributed by atoms with E-state index in [1.54, 1.807) is 0 Å². The summed E-state index contributed by atoms with van der Waals surface area (Å²) in [6.45, 7) is 15.2. The van der Waals surface area contributed by atoms with E-state index in [1.807, 2.05) is 19.9 Å². The van der Waals surface area contributed by atoms with Gasteiger partial charge < -0.3 is 5.32 Å². The van der Waals surface area contributed by atoms with Gasteiger partial charge in [-0.15, -0.1) is 0 Å². The summed E-state index contributed by atoms with van der Waals surface area (Å²) in [6.07, 6.45) is 1.70. The topological polar surface area (TPSA) is 50.7 Å². The highest BCUT2D eigenvalue weighted by molar-refractivity contribution is 5.69. The van der Waals surface area contributed by atoms with Gasteiger partial charge in [0.1, 0.15) is 5.82 Å². The second-order valence-electron chi connectivity index (χ2n) is 5.66. The number of pyridine rings is 1. The van der Waals surface area contributed by atoms with Crippen LogP contribution in [0.15, 0.2) is 18.7 Å². The molecule has 4 nitrogen and oxygen atoms in total. The number of hydrogen-bond acceptors (Lipinski definition) is 4. The zero-order chi connectivity index (χ0) is 17.0. The van der Waals surface area contributed by atoms with Crippen molar-refractivity contribution in [2.75, 3.05) is 11.9 Å². The zero-order valence-corrected chi connectivity index (χ0v) is 14.8. The summed E-state index contributed by atoms with van der Waals surface area (Å²) < 4.78 is 0. The van der Waals surface area contributed by atoms with E-state index in [9.17, 15) is 0 Å². The molecule has 0 radical (unpaired) electrons. The van der Waals surface area contributed by atoms with E-state index in [0.717, 1.165) is 64.8 Å². The van der Waals surface area contributed by atoms with E-state index < -0.39 is 0 Å². The Labute approximate surface area is 139 Å². The molecule has 122 valence electrons. The third-order valence-corrected chi connectivity index (χ3v) is 3.80. The SMILES string of the molecule is C=C(C)c1nc(-c2ccc(NCC)nc2CC)c(CC)nc1C. The van der Waals surface area contributed by atoms with Gasteiger partial charge in [0.15, 0.2) is 0 Å². The lowest BCUT2D eigenvalue weighted by Crippen LogP contribution is -2.07. The predicted octanol–water partition coefficient (Wildman–Crippen LogP) is 4.44. The molecule has 0 saturated carbocycles. The second kappa shape index (κ2) is 7.36. The molecule has 2 aromatic rings. The molecule has 0 aliphatic carbocycles. The molecule has 0 aliphatic heterocycles. The first-order chi connectivity index (χ1) is 11.0. The third kappa shape index (κ3) is 3.58. The Morgan fingerprint density at radius 1 is 1.04 bits per heavy atom.